The summed E-state index contributed by atoms with van der Waals surface area (Å²) in [6.45, 7) is 1.83. The van der Waals surface area contributed by atoms with E-state index < -0.39 is 26.2 Å². The number of hydrogen-bond acceptors (Lipinski definition) is 6. The molecule has 2 aromatic carbocycles. The zero-order valence-corrected chi connectivity index (χ0v) is 14.9. The van der Waals surface area contributed by atoms with Gasteiger partial charge in [-0.3, -0.25) is 10.1 Å². The number of nitro benzene ring substituents is 1. The SMILES string of the molecule is Cc1ccc(S(=O)(=O)Cc2cc(N(C)C)cc(C#N)c2[N+](=O)[O-])cc1. The van der Waals surface area contributed by atoms with Crippen molar-refractivity contribution in [3.63, 3.8) is 0 Å². The van der Waals surface area contributed by atoms with Crippen molar-refractivity contribution in [2.24, 2.45) is 0 Å². The Morgan fingerprint density at radius 3 is 2.28 bits per heavy atom. The maximum atomic E-state index is 12.6. The van der Waals surface area contributed by atoms with Crippen LogP contribution in [0.4, 0.5) is 11.4 Å². The van der Waals surface area contributed by atoms with Crippen molar-refractivity contribution in [3.05, 3.63) is 63.2 Å². The summed E-state index contributed by atoms with van der Waals surface area (Å²) in [5.74, 6) is -0.553. The standard InChI is InChI=1S/C17H17N3O4S/c1-12-4-6-16(7-5-12)25(23,24)11-14-9-15(19(2)3)8-13(10-18)17(14)20(21)22/h4-9H,11H2,1-3H3. The van der Waals surface area contributed by atoms with Gasteiger partial charge in [-0.1, -0.05) is 17.7 Å². The number of hydrogen-bond donors (Lipinski definition) is 0. The summed E-state index contributed by atoms with van der Waals surface area (Å²) in [5, 5.41) is 20.6. The minimum atomic E-state index is -3.79. The van der Waals surface area contributed by atoms with Gasteiger partial charge in [0, 0.05) is 25.3 Å². The summed E-state index contributed by atoms with van der Waals surface area (Å²) in [4.78, 5) is 12.4. The molecule has 0 N–H and O–H groups in total. The largest absolute Gasteiger partial charge is 0.378 e. The molecule has 0 saturated carbocycles. The molecule has 0 atom stereocenters. The van der Waals surface area contributed by atoms with Crippen LogP contribution >= 0.6 is 0 Å². The van der Waals surface area contributed by atoms with E-state index in [0.29, 0.717) is 5.69 Å². The van der Waals surface area contributed by atoms with E-state index in [1.54, 1.807) is 37.2 Å². The lowest BCUT2D eigenvalue weighted by molar-refractivity contribution is -0.385. The number of nitro groups is 1. The Kier molecular flexibility index (Phi) is 5.09. The van der Waals surface area contributed by atoms with Gasteiger partial charge in [-0.15, -0.1) is 0 Å². The molecule has 0 aromatic heterocycles. The minimum Gasteiger partial charge on any atom is -0.378 e. The Hall–Kier alpha value is -2.92. The average Bonchev–Trinajstić information content (AvgIpc) is 2.53. The number of anilines is 1. The molecule has 0 aliphatic heterocycles. The first-order chi connectivity index (χ1) is 11.7. The van der Waals surface area contributed by atoms with Crippen molar-refractivity contribution in [1.29, 1.82) is 5.26 Å². The van der Waals surface area contributed by atoms with Gasteiger partial charge in [0.05, 0.1) is 15.6 Å². The van der Waals surface area contributed by atoms with Crippen LogP contribution in [-0.4, -0.2) is 27.4 Å². The highest BCUT2D eigenvalue weighted by Crippen LogP contribution is 2.31. The first kappa shape index (κ1) is 18.4. The van der Waals surface area contributed by atoms with E-state index in [0.717, 1.165) is 5.56 Å². The van der Waals surface area contributed by atoms with Crippen LogP contribution in [0.3, 0.4) is 0 Å². The van der Waals surface area contributed by atoms with Crippen LogP contribution in [0.2, 0.25) is 0 Å². The summed E-state index contributed by atoms with van der Waals surface area (Å²) in [6.07, 6.45) is 0. The molecule has 0 aliphatic carbocycles. The first-order valence-electron chi connectivity index (χ1n) is 7.34. The van der Waals surface area contributed by atoms with Gasteiger partial charge in [0.15, 0.2) is 9.84 Å². The summed E-state index contributed by atoms with van der Waals surface area (Å²) in [7, 11) is -0.368. The molecule has 2 rings (SSSR count). The highest BCUT2D eigenvalue weighted by atomic mass is 32.2. The van der Waals surface area contributed by atoms with Crippen LogP contribution < -0.4 is 4.90 Å². The number of aryl methyl sites for hydroxylation is 1. The smallest absolute Gasteiger partial charge is 0.291 e. The van der Waals surface area contributed by atoms with Gasteiger partial charge in [0.1, 0.15) is 11.6 Å². The molecule has 7 nitrogen and oxygen atoms in total. The zero-order valence-electron chi connectivity index (χ0n) is 14.1. The second-order valence-electron chi connectivity index (χ2n) is 5.84. The quantitative estimate of drug-likeness (QED) is 0.600. The Bertz CT molecular complexity index is 959. The zero-order chi connectivity index (χ0) is 18.8. The van der Waals surface area contributed by atoms with Gasteiger partial charge in [0.2, 0.25) is 0 Å². The highest BCUT2D eigenvalue weighted by Gasteiger charge is 2.26. The normalized spacial score (nSPS) is 11.0. The molecule has 0 heterocycles. The lowest BCUT2D eigenvalue weighted by atomic mass is 10.1. The van der Waals surface area contributed by atoms with Crippen molar-refractivity contribution >= 4 is 21.2 Å². The molecule has 0 aliphatic rings. The van der Waals surface area contributed by atoms with E-state index in [4.69, 9.17) is 0 Å². The summed E-state index contributed by atoms with van der Waals surface area (Å²) in [6, 6.07) is 10.9. The van der Waals surface area contributed by atoms with Crippen molar-refractivity contribution in [2.45, 2.75) is 17.6 Å². The summed E-state index contributed by atoms with van der Waals surface area (Å²) < 4.78 is 25.3. The van der Waals surface area contributed by atoms with E-state index in [1.165, 1.54) is 24.3 Å². The van der Waals surface area contributed by atoms with Gasteiger partial charge < -0.3 is 4.90 Å². The molecule has 0 radical (unpaired) electrons. The molecular formula is C17H17N3O4S. The molecule has 0 fully saturated rings. The molecule has 2 aromatic rings. The lowest BCUT2D eigenvalue weighted by Gasteiger charge is -2.15. The van der Waals surface area contributed by atoms with Crippen LogP contribution in [0.25, 0.3) is 0 Å². The molecule has 8 heteroatoms. The van der Waals surface area contributed by atoms with E-state index in [-0.39, 0.29) is 16.0 Å². The topological polar surface area (TPSA) is 104 Å². The van der Waals surface area contributed by atoms with Crippen LogP contribution in [0, 0.1) is 28.4 Å². The second kappa shape index (κ2) is 6.91. The van der Waals surface area contributed by atoms with Crippen molar-refractivity contribution < 1.29 is 13.3 Å². The minimum absolute atomic E-state index is 0.00618. The molecule has 0 unspecified atom stereocenters. The molecule has 0 saturated heterocycles. The Labute approximate surface area is 146 Å². The maximum Gasteiger partial charge on any atom is 0.291 e. The fourth-order valence-electron chi connectivity index (χ4n) is 2.38. The third-order valence-corrected chi connectivity index (χ3v) is 5.40. The fourth-order valence-corrected chi connectivity index (χ4v) is 3.73. The van der Waals surface area contributed by atoms with Gasteiger partial charge in [-0.2, -0.15) is 5.26 Å². The highest BCUT2D eigenvalue weighted by molar-refractivity contribution is 7.90. The van der Waals surface area contributed by atoms with Crippen LogP contribution in [0.1, 0.15) is 16.7 Å². The lowest BCUT2D eigenvalue weighted by Crippen LogP contribution is -2.13. The second-order valence-corrected chi connectivity index (χ2v) is 7.83. The number of nitrogens with zero attached hydrogens (tertiary/aromatic N) is 3. The van der Waals surface area contributed by atoms with Gasteiger partial charge >= 0.3 is 0 Å². The molecule has 0 bridgehead atoms. The molecule has 0 spiro atoms. The number of sulfone groups is 1. The monoisotopic (exact) mass is 359 g/mol. The van der Waals surface area contributed by atoms with Gasteiger partial charge in [-0.05, 0) is 31.2 Å². The predicted octanol–water partition coefficient (Wildman–Crippen LogP) is 2.81. The van der Waals surface area contributed by atoms with Crippen molar-refractivity contribution in [3.8, 4) is 6.07 Å². The Morgan fingerprint density at radius 2 is 1.80 bits per heavy atom. The summed E-state index contributed by atoms with van der Waals surface area (Å²) >= 11 is 0. The molecular weight excluding hydrogens is 342 g/mol. The van der Waals surface area contributed by atoms with Gasteiger partial charge in [-0.25, -0.2) is 8.42 Å². The third-order valence-electron chi connectivity index (χ3n) is 3.72. The van der Waals surface area contributed by atoms with Crippen LogP contribution in [0.15, 0.2) is 41.3 Å². The maximum absolute atomic E-state index is 12.6. The van der Waals surface area contributed by atoms with E-state index in [9.17, 15) is 23.8 Å². The van der Waals surface area contributed by atoms with E-state index >= 15 is 0 Å². The van der Waals surface area contributed by atoms with Crippen molar-refractivity contribution in [2.75, 3.05) is 19.0 Å². The van der Waals surface area contributed by atoms with Gasteiger partial charge in [0.25, 0.3) is 5.69 Å². The first-order valence-corrected chi connectivity index (χ1v) is 8.99. The molecule has 0 amide bonds. The summed E-state index contributed by atoms with van der Waals surface area (Å²) in [5.41, 5.74) is 0.796. The fraction of sp³-hybridized carbons (Fsp3) is 0.235. The van der Waals surface area contributed by atoms with Crippen LogP contribution in [0.5, 0.6) is 0 Å². The number of rotatable bonds is 5. The van der Waals surface area contributed by atoms with Crippen molar-refractivity contribution in [1.82, 2.24) is 0 Å². The molecule has 25 heavy (non-hydrogen) atoms. The molecule has 130 valence electrons. The third kappa shape index (κ3) is 3.95. The predicted molar refractivity (Wildman–Crippen MR) is 94.2 cm³/mol. The number of benzene rings is 2. The Morgan fingerprint density at radius 1 is 1.20 bits per heavy atom. The van der Waals surface area contributed by atoms with Crippen LogP contribution in [-0.2, 0) is 15.6 Å². The Balaban J connectivity index is 2.61. The number of nitriles is 1. The van der Waals surface area contributed by atoms with E-state index in [2.05, 4.69) is 0 Å². The average molecular weight is 359 g/mol. The van der Waals surface area contributed by atoms with E-state index in [1.807, 2.05) is 6.92 Å².